The second-order valence-electron chi connectivity index (χ2n) is 5.54. The number of carbonyl (C=O) groups excluding carboxylic acids is 1. The summed E-state index contributed by atoms with van der Waals surface area (Å²) in [7, 11) is 0. The van der Waals surface area contributed by atoms with Gasteiger partial charge in [-0.05, 0) is 31.5 Å². The fraction of sp³-hybridized carbons (Fsp3) is 0.533. The standard InChI is InChI=1S/C15H18Cl2N2O2/c16-12-4-3-10(8-13(12)17)21-11-5-7-19(9-11)15(20)14-2-1-6-18-14/h3-4,8,11,14,18H,1-2,5-7,9H2. The van der Waals surface area contributed by atoms with Gasteiger partial charge < -0.3 is 15.0 Å². The molecule has 1 N–H and O–H groups in total. The van der Waals surface area contributed by atoms with Gasteiger partial charge in [0.1, 0.15) is 11.9 Å². The Morgan fingerprint density at radius 2 is 2.14 bits per heavy atom. The minimum Gasteiger partial charge on any atom is -0.488 e. The Morgan fingerprint density at radius 1 is 1.29 bits per heavy atom. The summed E-state index contributed by atoms with van der Waals surface area (Å²) in [6.07, 6.45) is 2.88. The van der Waals surface area contributed by atoms with Crippen LogP contribution in [0.3, 0.4) is 0 Å². The van der Waals surface area contributed by atoms with Crippen molar-refractivity contribution in [1.29, 1.82) is 0 Å². The van der Waals surface area contributed by atoms with E-state index in [1.54, 1.807) is 18.2 Å². The molecular formula is C15H18Cl2N2O2. The van der Waals surface area contributed by atoms with E-state index < -0.39 is 0 Å². The number of nitrogens with one attached hydrogen (secondary N) is 1. The zero-order valence-electron chi connectivity index (χ0n) is 11.6. The first-order valence-electron chi connectivity index (χ1n) is 7.27. The van der Waals surface area contributed by atoms with Crippen molar-refractivity contribution in [2.45, 2.75) is 31.4 Å². The fourth-order valence-electron chi connectivity index (χ4n) is 2.88. The molecule has 1 aromatic rings. The van der Waals surface area contributed by atoms with Gasteiger partial charge in [-0.2, -0.15) is 0 Å². The number of hydrogen-bond acceptors (Lipinski definition) is 3. The van der Waals surface area contributed by atoms with Gasteiger partial charge in [-0.3, -0.25) is 4.79 Å². The van der Waals surface area contributed by atoms with Gasteiger partial charge in [0.05, 0.1) is 22.6 Å². The Hall–Kier alpha value is -0.970. The second-order valence-corrected chi connectivity index (χ2v) is 6.35. The third kappa shape index (κ3) is 3.44. The zero-order valence-corrected chi connectivity index (χ0v) is 13.2. The van der Waals surface area contributed by atoms with Crippen molar-refractivity contribution in [3.8, 4) is 5.75 Å². The minimum absolute atomic E-state index is 0.00581. The average Bonchev–Trinajstić information content (AvgIpc) is 3.13. The van der Waals surface area contributed by atoms with Gasteiger partial charge in [-0.1, -0.05) is 23.2 Å². The highest BCUT2D eigenvalue weighted by Crippen LogP contribution is 2.28. The first-order valence-corrected chi connectivity index (χ1v) is 8.03. The smallest absolute Gasteiger partial charge is 0.239 e. The molecule has 0 bridgehead atoms. The number of carbonyl (C=O) groups is 1. The number of benzene rings is 1. The van der Waals surface area contributed by atoms with E-state index >= 15 is 0 Å². The molecule has 2 fully saturated rings. The SMILES string of the molecule is O=C(C1CCCN1)N1CCC(Oc2ccc(Cl)c(Cl)c2)C1. The lowest BCUT2D eigenvalue weighted by Gasteiger charge is -2.21. The van der Waals surface area contributed by atoms with Crippen LogP contribution in [0.2, 0.25) is 10.0 Å². The molecule has 1 amide bonds. The topological polar surface area (TPSA) is 41.6 Å². The molecular weight excluding hydrogens is 311 g/mol. The molecule has 2 unspecified atom stereocenters. The van der Waals surface area contributed by atoms with Gasteiger partial charge >= 0.3 is 0 Å². The summed E-state index contributed by atoms with van der Waals surface area (Å²) >= 11 is 11.9. The molecule has 4 nitrogen and oxygen atoms in total. The number of rotatable bonds is 3. The van der Waals surface area contributed by atoms with Crippen LogP contribution in [0.1, 0.15) is 19.3 Å². The van der Waals surface area contributed by atoms with E-state index in [4.69, 9.17) is 27.9 Å². The molecule has 2 aliphatic rings. The van der Waals surface area contributed by atoms with Crippen molar-refractivity contribution < 1.29 is 9.53 Å². The fourth-order valence-corrected chi connectivity index (χ4v) is 3.17. The molecule has 0 saturated carbocycles. The molecule has 2 atom stereocenters. The van der Waals surface area contributed by atoms with Crippen molar-refractivity contribution >= 4 is 29.1 Å². The molecule has 3 rings (SSSR count). The first kappa shape index (κ1) is 14.9. The quantitative estimate of drug-likeness (QED) is 0.927. The Labute approximate surface area is 134 Å². The van der Waals surface area contributed by atoms with Gasteiger partial charge in [-0.15, -0.1) is 0 Å². The van der Waals surface area contributed by atoms with Gasteiger partial charge in [0.2, 0.25) is 5.91 Å². The van der Waals surface area contributed by atoms with Crippen molar-refractivity contribution in [1.82, 2.24) is 10.2 Å². The van der Waals surface area contributed by atoms with Gasteiger partial charge in [-0.25, -0.2) is 0 Å². The summed E-state index contributed by atoms with van der Waals surface area (Å²) < 4.78 is 5.90. The first-order chi connectivity index (χ1) is 10.1. The van der Waals surface area contributed by atoms with Gasteiger partial charge in [0, 0.05) is 19.0 Å². The van der Waals surface area contributed by atoms with Crippen molar-refractivity contribution in [2.75, 3.05) is 19.6 Å². The van der Waals surface area contributed by atoms with Gasteiger partial charge in [0.15, 0.2) is 0 Å². The molecule has 2 heterocycles. The highest BCUT2D eigenvalue weighted by atomic mass is 35.5. The summed E-state index contributed by atoms with van der Waals surface area (Å²) in [6, 6.07) is 5.23. The highest BCUT2D eigenvalue weighted by Gasteiger charge is 2.32. The van der Waals surface area contributed by atoms with Gasteiger partial charge in [0.25, 0.3) is 0 Å². The third-order valence-electron chi connectivity index (χ3n) is 4.01. The van der Waals surface area contributed by atoms with E-state index in [1.165, 1.54) is 0 Å². The molecule has 1 aromatic carbocycles. The Balaban J connectivity index is 1.56. The van der Waals surface area contributed by atoms with Crippen molar-refractivity contribution in [3.05, 3.63) is 28.2 Å². The summed E-state index contributed by atoms with van der Waals surface area (Å²) in [4.78, 5) is 14.2. The maximum Gasteiger partial charge on any atom is 0.239 e. The zero-order chi connectivity index (χ0) is 14.8. The molecule has 114 valence electrons. The number of amides is 1. The molecule has 2 saturated heterocycles. The van der Waals surface area contributed by atoms with E-state index in [1.807, 2.05) is 4.90 Å². The number of nitrogens with zero attached hydrogens (tertiary/aromatic N) is 1. The summed E-state index contributed by atoms with van der Waals surface area (Å²) in [5.41, 5.74) is 0. The summed E-state index contributed by atoms with van der Waals surface area (Å²) in [5.74, 6) is 0.899. The van der Waals surface area contributed by atoms with E-state index in [9.17, 15) is 4.79 Å². The van der Waals surface area contributed by atoms with Crippen LogP contribution in [0.5, 0.6) is 5.75 Å². The van der Waals surface area contributed by atoms with Crippen LogP contribution in [0.4, 0.5) is 0 Å². The lowest BCUT2D eigenvalue weighted by Crippen LogP contribution is -2.43. The number of hydrogen-bond donors (Lipinski definition) is 1. The molecule has 2 aliphatic heterocycles. The van der Waals surface area contributed by atoms with Crippen LogP contribution < -0.4 is 10.1 Å². The van der Waals surface area contributed by atoms with Crippen LogP contribution in [0.25, 0.3) is 0 Å². The normalized spacial score (nSPS) is 25.3. The Bertz CT molecular complexity index is 532. The number of ether oxygens (including phenoxy) is 1. The predicted octanol–water partition coefficient (Wildman–Crippen LogP) is 2.73. The van der Waals surface area contributed by atoms with Crippen molar-refractivity contribution in [3.63, 3.8) is 0 Å². The Morgan fingerprint density at radius 3 is 2.86 bits per heavy atom. The predicted molar refractivity (Wildman–Crippen MR) is 83.1 cm³/mol. The molecule has 21 heavy (non-hydrogen) atoms. The van der Waals surface area contributed by atoms with Crippen LogP contribution in [-0.2, 0) is 4.79 Å². The molecule has 0 spiro atoms. The summed E-state index contributed by atoms with van der Waals surface area (Å²) in [6.45, 7) is 2.33. The highest BCUT2D eigenvalue weighted by molar-refractivity contribution is 6.42. The van der Waals surface area contributed by atoms with E-state index in [0.29, 0.717) is 22.3 Å². The van der Waals surface area contributed by atoms with E-state index in [-0.39, 0.29) is 18.1 Å². The van der Waals surface area contributed by atoms with Crippen molar-refractivity contribution in [2.24, 2.45) is 0 Å². The molecule has 0 radical (unpaired) electrons. The number of likely N-dealkylation sites (tertiary alicyclic amines) is 1. The minimum atomic E-state index is -0.00581. The van der Waals surface area contributed by atoms with Crippen LogP contribution in [0.15, 0.2) is 18.2 Å². The largest absolute Gasteiger partial charge is 0.488 e. The second kappa shape index (κ2) is 6.42. The monoisotopic (exact) mass is 328 g/mol. The van der Waals surface area contributed by atoms with E-state index in [2.05, 4.69) is 5.32 Å². The van der Waals surface area contributed by atoms with Crippen LogP contribution in [0, 0.1) is 0 Å². The summed E-state index contributed by atoms with van der Waals surface area (Å²) in [5, 5.41) is 4.24. The molecule has 6 heteroatoms. The average molecular weight is 329 g/mol. The lowest BCUT2D eigenvalue weighted by atomic mass is 10.2. The lowest BCUT2D eigenvalue weighted by molar-refractivity contribution is -0.132. The maximum atomic E-state index is 12.3. The van der Waals surface area contributed by atoms with E-state index in [0.717, 1.165) is 32.4 Å². The maximum absolute atomic E-state index is 12.3. The number of halogens is 2. The van der Waals surface area contributed by atoms with Crippen LogP contribution >= 0.6 is 23.2 Å². The third-order valence-corrected chi connectivity index (χ3v) is 4.75. The molecule has 0 aliphatic carbocycles. The van der Waals surface area contributed by atoms with Crippen LogP contribution in [-0.4, -0.2) is 42.6 Å². The molecule has 0 aromatic heterocycles. The Kier molecular flexibility index (Phi) is 4.57.